The minimum absolute atomic E-state index is 0.104. The van der Waals surface area contributed by atoms with E-state index in [0.717, 1.165) is 0 Å². The first-order valence-electron chi connectivity index (χ1n) is 7.61. The number of carbonyl (C=O) groups is 2. The Balaban J connectivity index is 2.49. The van der Waals surface area contributed by atoms with Gasteiger partial charge in [0.05, 0.1) is 22.7 Å². The summed E-state index contributed by atoms with van der Waals surface area (Å²) < 4.78 is 24.0. The number of urea groups is 1. The van der Waals surface area contributed by atoms with Gasteiger partial charge in [-0.25, -0.2) is 14.0 Å². The molecule has 25 heavy (non-hydrogen) atoms. The normalized spacial score (nSPS) is 18.0. The van der Waals surface area contributed by atoms with Gasteiger partial charge in [-0.3, -0.25) is 0 Å². The second kappa shape index (κ2) is 7.97. The Labute approximate surface area is 154 Å². The fourth-order valence-corrected chi connectivity index (χ4v) is 3.09. The van der Waals surface area contributed by atoms with E-state index < -0.39 is 17.8 Å². The molecule has 2 rings (SSSR count). The Morgan fingerprint density at radius 3 is 2.60 bits per heavy atom. The molecule has 1 aromatic carbocycles. The lowest BCUT2D eigenvalue weighted by molar-refractivity contribution is -0.141. The van der Waals surface area contributed by atoms with Crippen LogP contribution in [0.1, 0.15) is 18.5 Å². The van der Waals surface area contributed by atoms with E-state index in [-0.39, 0.29) is 23.7 Å². The smallest absolute Gasteiger partial charge is 0.338 e. The lowest BCUT2D eigenvalue weighted by Gasteiger charge is -2.39. The number of allylic oxidation sites excluding steroid dienone is 1. The maximum absolute atomic E-state index is 13.6. The van der Waals surface area contributed by atoms with Gasteiger partial charge in [-0.15, -0.1) is 0 Å². The maximum Gasteiger partial charge on any atom is 0.338 e. The number of halogens is 2. The zero-order chi connectivity index (χ0) is 18.7. The number of methoxy groups -OCH3 is 1. The molecule has 1 atom stereocenters. The van der Waals surface area contributed by atoms with E-state index in [1.54, 1.807) is 33.2 Å². The van der Waals surface area contributed by atoms with Crippen molar-refractivity contribution in [2.45, 2.75) is 13.0 Å². The van der Waals surface area contributed by atoms with Crippen LogP contribution in [0.4, 0.5) is 9.18 Å². The summed E-state index contributed by atoms with van der Waals surface area (Å²) in [7, 11) is 4.70. The third kappa shape index (κ3) is 3.85. The van der Waals surface area contributed by atoms with Gasteiger partial charge >= 0.3 is 12.0 Å². The van der Waals surface area contributed by atoms with Gasteiger partial charge in [-0.1, -0.05) is 6.07 Å². The molecule has 0 radical (unpaired) electrons. The van der Waals surface area contributed by atoms with Crippen LogP contribution in [-0.4, -0.2) is 56.2 Å². The average Bonchev–Trinajstić information content (AvgIpc) is 2.58. The minimum Gasteiger partial charge on any atom is -0.460 e. The predicted molar refractivity (Wildman–Crippen MR) is 93.3 cm³/mol. The van der Waals surface area contributed by atoms with Crippen molar-refractivity contribution in [3.63, 3.8) is 0 Å². The summed E-state index contributed by atoms with van der Waals surface area (Å²) in [6.07, 6.45) is 0. The van der Waals surface area contributed by atoms with E-state index in [9.17, 15) is 14.0 Å². The maximum atomic E-state index is 13.6. The van der Waals surface area contributed by atoms with E-state index in [0.29, 0.717) is 16.8 Å². The number of hydrogen-bond donors (Lipinski definition) is 0. The highest BCUT2D eigenvalue weighted by Crippen LogP contribution is 2.37. The van der Waals surface area contributed by atoms with Crippen LogP contribution >= 0.6 is 15.9 Å². The number of rotatable bonds is 5. The average molecular weight is 415 g/mol. The summed E-state index contributed by atoms with van der Waals surface area (Å²) in [6.45, 7) is 2.06. The van der Waals surface area contributed by atoms with E-state index >= 15 is 0 Å². The van der Waals surface area contributed by atoms with Gasteiger partial charge < -0.3 is 19.3 Å². The SMILES string of the molecule is COCCOC(=O)C1=C(C)N(C)C(=O)N(C)[C@@H]1c1ccc(F)c(Br)c1. The highest BCUT2D eigenvalue weighted by Gasteiger charge is 2.39. The van der Waals surface area contributed by atoms with Crippen LogP contribution in [0, 0.1) is 5.82 Å². The van der Waals surface area contributed by atoms with Gasteiger partial charge in [-0.2, -0.15) is 0 Å². The van der Waals surface area contributed by atoms with Gasteiger partial charge in [0.1, 0.15) is 12.4 Å². The molecule has 0 N–H and O–H groups in total. The summed E-state index contributed by atoms with van der Waals surface area (Å²) in [6, 6.07) is 3.46. The van der Waals surface area contributed by atoms with Crippen molar-refractivity contribution >= 4 is 27.9 Å². The molecule has 0 saturated heterocycles. The quantitative estimate of drug-likeness (QED) is 0.548. The van der Waals surface area contributed by atoms with Crippen LogP contribution in [-0.2, 0) is 14.3 Å². The van der Waals surface area contributed by atoms with Gasteiger partial charge in [0, 0.05) is 26.9 Å². The zero-order valence-corrected chi connectivity index (χ0v) is 16.1. The van der Waals surface area contributed by atoms with Crippen molar-refractivity contribution in [1.82, 2.24) is 9.80 Å². The molecule has 0 saturated carbocycles. The topological polar surface area (TPSA) is 59.1 Å². The summed E-state index contributed by atoms with van der Waals surface area (Å²) in [5.41, 5.74) is 1.44. The molecule has 1 aliphatic rings. The number of amides is 2. The molecule has 6 nitrogen and oxygen atoms in total. The number of nitrogens with zero attached hydrogens (tertiary/aromatic N) is 2. The Hall–Kier alpha value is -1.93. The van der Waals surface area contributed by atoms with Crippen LogP contribution in [0.2, 0.25) is 0 Å². The van der Waals surface area contributed by atoms with Crippen LogP contribution in [0.5, 0.6) is 0 Å². The Bertz CT molecular complexity index is 723. The van der Waals surface area contributed by atoms with Crippen molar-refractivity contribution in [1.29, 1.82) is 0 Å². The third-order valence-electron chi connectivity index (χ3n) is 4.14. The van der Waals surface area contributed by atoms with Gasteiger partial charge in [0.25, 0.3) is 0 Å². The molecule has 0 unspecified atom stereocenters. The van der Waals surface area contributed by atoms with Crippen molar-refractivity contribution < 1.29 is 23.5 Å². The zero-order valence-electron chi connectivity index (χ0n) is 14.5. The number of esters is 1. The van der Waals surface area contributed by atoms with Crippen molar-refractivity contribution in [2.75, 3.05) is 34.4 Å². The lowest BCUT2D eigenvalue weighted by Crippen LogP contribution is -2.47. The van der Waals surface area contributed by atoms with Gasteiger partial charge in [0.15, 0.2) is 0 Å². The number of likely N-dealkylation sites (N-methyl/N-ethyl adjacent to an activating group) is 1. The van der Waals surface area contributed by atoms with Crippen LogP contribution in [0.15, 0.2) is 33.9 Å². The molecule has 8 heteroatoms. The number of benzene rings is 1. The van der Waals surface area contributed by atoms with Crippen LogP contribution < -0.4 is 0 Å². The molecule has 0 spiro atoms. The Kier molecular flexibility index (Phi) is 6.18. The number of ether oxygens (including phenoxy) is 2. The number of hydrogen-bond acceptors (Lipinski definition) is 4. The first-order chi connectivity index (χ1) is 11.8. The highest BCUT2D eigenvalue weighted by atomic mass is 79.9. The highest BCUT2D eigenvalue weighted by molar-refractivity contribution is 9.10. The van der Waals surface area contributed by atoms with E-state index in [1.165, 1.54) is 23.0 Å². The first-order valence-corrected chi connectivity index (χ1v) is 8.41. The molecule has 1 heterocycles. The van der Waals surface area contributed by atoms with E-state index in [1.807, 2.05) is 0 Å². The minimum atomic E-state index is -0.671. The molecule has 136 valence electrons. The molecule has 1 aromatic rings. The molecule has 0 aromatic heterocycles. The fraction of sp³-hybridized carbons (Fsp3) is 0.412. The molecule has 0 aliphatic carbocycles. The molecule has 1 aliphatic heterocycles. The Morgan fingerprint density at radius 1 is 1.32 bits per heavy atom. The standard InChI is InChI=1S/C17H20BrFN2O4/c1-10-14(16(22)25-8-7-24-4)15(21(3)17(23)20(10)2)11-5-6-13(19)12(18)9-11/h5-6,9,15H,7-8H2,1-4H3/t15-/m1/s1. The van der Waals surface area contributed by atoms with Gasteiger partial charge in [-0.05, 0) is 40.5 Å². The van der Waals surface area contributed by atoms with Crippen molar-refractivity contribution in [3.8, 4) is 0 Å². The summed E-state index contributed by atoms with van der Waals surface area (Å²) in [5, 5.41) is 0. The third-order valence-corrected chi connectivity index (χ3v) is 4.75. The lowest BCUT2D eigenvalue weighted by atomic mass is 9.93. The second-order valence-corrected chi connectivity index (χ2v) is 6.51. The Morgan fingerprint density at radius 2 is 2.00 bits per heavy atom. The summed E-state index contributed by atoms with van der Waals surface area (Å²) >= 11 is 3.15. The second-order valence-electron chi connectivity index (χ2n) is 5.66. The molecule has 0 fully saturated rings. The molecule has 0 bridgehead atoms. The van der Waals surface area contributed by atoms with Crippen LogP contribution in [0.3, 0.4) is 0 Å². The molecular formula is C17H20BrFN2O4. The van der Waals surface area contributed by atoms with Gasteiger partial charge in [0.2, 0.25) is 0 Å². The summed E-state index contributed by atoms with van der Waals surface area (Å²) in [4.78, 5) is 27.9. The predicted octanol–water partition coefficient (Wildman–Crippen LogP) is 3.09. The fourth-order valence-electron chi connectivity index (χ4n) is 2.69. The number of carbonyl (C=O) groups excluding carboxylic acids is 2. The van der Waals surface area contributed by atoms with Crippen molar-refractivity contribution in [3.05, 3.63) is 45.3 Å². The first kappa shape index (κ1) is 19.4. The summed E-state index contributed by atoms with van der Waals surface area (Å²) in [5.74, 6) is -0.957. The molecule has 2 amide bonds. The van der Waals surface area contributed by atoms with Crippen molar-refractivity contribution in [2.24, 2.45) is 0 Å². The molecular weight excluding hydrogens is 395 g/mol. The van der Waals surface area contributed by atoms with Crippen LogP contribution in [0.25, 0.3) is 0 Å². The van der Waals surface area contributed by atoms with E-state index in [2.05, 4.69) is 15.9 Å². The van der Waals surface area contributed by atoms with E-state index in [4.69, 9.17) is 9.47 Å². The monoisotopic (exact) mass is 414 g/mol. The largest absolute Gasteiger partial charge is 0.460 e.